The van der Waals surface area contributed by atoms with Crippen LogP contribution in [0.4, 0.5) is 0 Å². The van der Waals surface area contributed by atoms with E-state index in [-0.39, 0.29) is 26.2 Å². The highest BCUT2D eigenvalue weighted by Crippen LogP contribution is 2.25. The summed E-state index contributed by atoms with van der Waals surface area (Å²) in [5.41, 5.74) is 0. The molecule has 1 fully saturated rings. The average Bonchev–Trinajstić information content (AvgIpc) is 2.78. The van der Waals surface area contributed by atoms with Crippen LogP contribution in [0.5, 0.6) is 0 Å². The molecular weight excluding hydrogens is 300 g/mol. The Morgan fingerprint density at radius 3 is 2.27 bits per heavy atom. The van der Waals surface area contributed by atoms with E-state index in [4.69, 9.17) is 18.9 Å². The lowest BCUT2D eigenvalue weighted by Gasteiger charge is -2.18. The predicted octanol–water partition coefficient (Wildman–Crippen LogP) is -0.588. The lowest BCUT2D eigenvalue weighted by molar-refractivity contribution is -0.181. The molecule has 9 nitrogen and oxygen atoms in total. The fourth-order valence-electron chi connectivity index (χ4n) is 1.87. The highest BCUT2D eigenvalue weighted by molar-refractivity contribution is 5.71. The molecule has 1 rings (SSSR count). The summed E-state index contributed by atoms with van der Waals surface area (Å²) >= 11 is 0. The van der Waals surface area contributed by atoms with Crippen molar-refractivity contribution in [3.63, 3.8) is 0 Å². The van der Waals surface area contributed by atoms with Gasteiger partial charge in [-0.1, -0.05) is 0 Å². The van der Waals surface area contributed by atoms with Gasteiger partial charge in [-0.15, -0.1) is 0 Å². The Kier molecular flexibility index (Phi) is 7.78. The van der Waals surface area contributed by atoms with Gasteiger partial charge in [0.15, 0.2) is 0 Å². The van der Waals surface area contributed by atoms with Gasteiger partial charge in [-0.05, 0) is 0 Å². The Morgan fingerprint density at radius 1 is 1.05 bits per heavy atom. The van der Waals surface area contributed by atoms with Crippen LogP contribution in [0, 0.1) is 0 Å². The number of carbonyl (C=O) groups excluding carboxylic acids is 3. The first kappa shape index (κ1) is 18.3. The van der Waals surface area contributed by atoms with Gasteiger partial charge in [0.2, 0.25) is 6.29 Å². The fraction of sp³-hybridized carbons (Fsp3) is 0.769. The summed E-state index contributed by atoms with van der Waals surface area (Å²) < 4.78 is 29.7. The zero-order chi connectivity index (χ0) is 16.5. The van der Waals surface area contributed by atoms with Gasteiger partial charge in [0.05, 0.1) is 6.42 Å². The minimum atomic E-state index is -0.857. The number of carbonyl (C=O) groups is 3. The van der Waals surface area contributed by atoms with E-state index in [2.05, 4.69) is 9.47 Å². The smallest absolute Gasteiger partial charge is 0.332 e. The Labute approximate surface area is 127 Å². The van der Waals surface area contributed by atoms with E-state index in [1.807, 2.05) is 0 Å². The SMILES string of the molecule is COCC(=O)OC[C@H]1O[C@H](OC(C)=O)C[C@H]1OC(=O)COC. The van der Waals surface area contributed by atoms with Crippen LogP contribution in [0.25, 0.3) is 0 Å². The van der Waals surface area contributed by atoms with Gasteiger partial charge in [-0.3, -0.25) is 4.79 Å². The molecule has 0 bridgehead atoms. The first-order chi connectivity index (χ1) is 10.5. The highest BCUT2D eigenvalue weighted by atomic mass is 16.7. The van der Waals surface area contributed by atoms with Crippen molar-refractivity contribution in [2.24, 2.45) is 0 Å². The second-order valence-electron chi connectivity index (χ2n) is 4.53. The second kappa shape index (κ2) is 9.34. The molecule has 126 valence electrons. The third-order valence-corrected chi connectivity index (χ3v) is 2.68. The molecule has 0 saturated carbocycles. The summed E-state index contributed by atoms with van der Waals surface area (Å²) in [6.07, 6.45) is -2.14. The summed E-state index contributed by atoms with van der Waals surface area (Å²) in [5.74, 6) is -1.69. The van der Waals surface area contributed by atoms with Crippen LogP contribution in [0.2, 0.25) is 0 Å². The van der Waals surface area contributed by atoms with E-state index in [0.717, 1.165) is 0 Å². The van der Waals surface area contributed by atoms with E-state index in [0.29, 0.717) is 0 Å². The Hall–Kier alpha value is -1.71. The van der Waals surface area contributed by atoms with Crippen molar-refractivity contribution < 1.29 is 42.8 Å². The number of esters is 3. The molecule has 22 heavy (non-hydrogen) atoms. The molecule has 0 aromatic heterocycles. The van der Waals surface area contributed by atoms with Crippen molar-refractivity contribution in [2.45, 2.75) is 31.8 Å². The third-order valence-electron chi connectivity index (χ3n) is 2.68. The van der Waals surface area contributed by atoms with Crippen molar-refractivity contribution in [3.8, 4) is 0 Å². The number of rotatable bonds is 8. The summed E-state index contributed by atoms with van der Waals surface area (Å²) in [6.45, 7) is 0.672. The molecule has 1 heterocycles. The lowest BCUT2D eigenvalue weighted by Crippen LogP contribution is -2.33. The van der Waals surface area contributed by atoms with E-state index in [1.165, 1.54) is 21.1 Å². The van der Waals surface area contributed by atoms with Crippen LogP contribution in [-0.2, 0) is 42.8 Å². The van der Waals surface area contributed by atoms with Crippen molar-refractivity contribution in [2.75, 3.05) is 34.0 Å². The Bertz CT molecular complexity index is 395. The molecule has 1 aliphatic rings. The van der Waals surface area contributed by atoms with Crippen LogP contribution >= 0.6 is 0 Å². The van der Waals surface area contributed by atoms with E-state index in [9.17, 15) is 14.4 Å². The van der Waals surface area contributed by atoms with Crippen LogP contribution in [0.3, 0.4) is 0 Å². The van der Waals surface area contributed by atoms with E-state index < -0.39 is 36.4 Å². The summed E-state index contributed by atoms with van der Waals surface area (Å²) in [7, 11) is 2.72. The molecule has 0 amide bonds. The number of hydrogen-bond donors (Lipinski definition) is 0. The summed E-state index contributed by atoms with van der Waals surface area (Å²) in [5, 5.41) is 0. The lowest BCUT2D eigenvalue weighted by atomic mass is 10.2. The minimum Gasteiger partial charge on any atom is -0.461 e. The standard InChI is InChI=1S/C13H20O9/c1-8(14)20-13-4-9(21-12(16)7-18-3)10(22-13)5-19-11(15)6-17-2/h9-10,13H,4-7H2,1-3H3/t9-,10-,13+/m1/s1. The maximum Gasteiger partial charge on any atom is 0.332 e. The molecule has 0 radical (unpaired) electrons. The summed E-state index contributed by atoms with van der Waals surface area (Å²) in [4.78, 5) is 33.7. The number of ether oxygens (including phenoxy) is 6. The van der Waals surface area contributed by atoms with Crippen LogP contribution in [0.1, 0.15) is 13.3 Å². The Balaban J connectivity index is 2.56. The summed E-state index contributed by atoms with van der Waals surface area (Å²) in [6, 6.07) is 0. The van der Waals surface area contributed by atoms with Crippen molar-refractivity contribution in [1.82, 2.24) is 0 Å². The minimum absolute atomic E-state index is 0.148. The van der Waals surface area contributed by atoms with Crippen LogP contribution < -0.4 is 0 Å². The normalized spacial score (nSPS) is 23.9. The first-order valence-corrected chi connectivity index (χ1v) is 6.62. The first-order valence-electron chi connectivity index (χ1n) is 6.62. The molecule has 0 aliphatic carbocycles. The maximum atomic E-state index is 11.5. The molecule has 0 N–H and O–H groups in total. The van der Waals surface area contributed by atoms with E-state index in [1.54, 1.807) is 0 Å². The molecule has 0 unspecified atom stereocenters. The number of methoxy groups -OCH3 is 2. The van der Waals surface area contributed by atoms with Crippen molar-refractivity contribution >= 4 is 17.9 Å². The molecule has 0 aromatic carbocycles. The van der Waals surface area contributed by atoms with Gasteiger partial charge >= 0.3 is 17.9 Å². The molecular formula is C13H20O9. The van der Waals surface area contributed by atoms with Crippen LogP contribution in [-0.4, -0.2) is 70.4 Å². The zero-order valence-corrected chi connectivity index (χ0v) is 12.7. The molecule has 1 saturated heterocycles. The highest BCUT2D eigenvalue weighted by Gasteiger charge is 2.40. The second-order valence-corrected chi connectivity index (χ2v) is 4.53. The number of hydrogen-bond acceptors (Lipinski definition) is 9. The van der Waals surface area contributed by atoms with Gasteiger partial charge in [-0.25, -0.2) is 9.59 Å². The van der Waals surface area contributed by atoms with Crippen molar-refractivity contribution in [3.05, 3.63) is 0 Å². The zero-order valence-electron chi connectivity index (χ0n) is 12.7. The molecule has 1 aliphatic heterocycles. The molecule has 0 aromatic rings. The largest absolute Gasteiger partial charge is 0.461 e. The topological polar surface area (TPSA) is 107 Å². The maximum absolute atomic E-state index is 11.5. The predicted molar refractivity (Wildman–Crippen MR) is 69.6 cm³/mol. The average molecular weight is 320 g/mol. The molecule has 9 heteroatoms. The molecule has 0 spiro atoms. The van der Waals surface area contributed by atoms with Gasteiger partial charge in [0.25, 0.3) is 0 Å². The monoisotopic (exact) mass is 320 g/mol. The van der Waals surface area contributed by atoms with Crippen LogP contribution in [0.15, 0.2) is 0 Å². The van der Waals surface area contributed by atoms with E-state index >= 15 is 0 Å². The van der Waals surface area contributed by atoms with Gasteiger partial charge in [0, 0.05) is 21.1 Å². The third kappa shape index (κ3) is 6.37. The van der Waals surface area contributed by atoms with Gasteiger partial charge in [-0.2, -0.15) is 0 Å². The fourth-order valence-corrected chi connectivity index (χ4v) is 1.87. The Morgan fingerprint density at radius 2 is 1.68 bits per heavy atom. The quantitative estimate of drug-likeness (QED) is 0.428. The van der Waals surface area contributed by atoms with Gasteiger partial charge < -0.3 is 28.4 Å². The molecule has 3 atom stereocenters. The van der Waals surface area contributed by atoms with Crippen molar-refractivity contribution in [1.29, 1.82) is 0 Å². The van der Waals surface area contributed by atoms with Gasteiger partial charge in [0.1, 0.15) is 32.0 Å².